The molecule has 3 N–H and O–H groups in total. The summed E-state index contributed by atoms with van der Waals surface area (Å²) in [5.74, 6) is 0. The first kappa shape index (κ1) is 11.0. The largest absolute Gasteiger partial charge is 0.387 e. The molecular weight excluding hydrogens is 200 g/mol. The van der Waals surface area contributed by atoms with Gasteiger partial charge in [0, 0.05) is 18.8 Å². The van der Waals surface area contributed by atoms with Crippen molar-refractivity contribution in [2.45, 2.75) is 19.3 Å². The van der Waals surface area contributed by atoms with Gasteiger partial charge < -0.3 is 11.1 Å². The van der Waals surface area contributed by atoms with Gasteiger partial charge in [0.15, 0.2) is 0 Å². The molecule has 0 saturated heterocycles. The second kappa shape index (κ2) is 5.62. The van der Waals surface area contributed by atoms with Gasteiger partial charge in [0.05, 0.1) is 4.20 Å². The average Bonchev–Trinajstić information content (AvgIpc) is 2.61. The second-order valence-electron chi connectivity index (χ2n) is 3.02. The Morgan fingerprint density at radius 3 is 3.00 bits per heavy atom. The van der Waals surface area contributed by atoms with Crippen molar-refractivity contribution in [3.05, 3.63) is 11.3 Å². The lowest BCUT2D eigenvalue weighted by atomic mass is 10.2. The first-order chi connectivity index (χ1) is 6.29. The molecule has 0 fully saturated rings. The predicted octanol–water partition coefficient (Wildman–Crippen LogP) is 1.66. The van der Waals surface area contributed by atoms with Gasteiger partial charge >= 0.3 is 0 Å². The molecule has 74 valence electrons. The smallest absolute Gasteiger partial charge is 0.0752 e. The van der Waals surface area contributed by atoms with E-state index in [1.54, 1.807) is 11.8 Å². The molecule has 0 heterocycles. The van der Waals surface area contributed by atoms with Crippen LogP contribution in [0.3, 0.4) is 0 Å². The summed E-state index contributed by atoms with van der Waals surface area (Å²) in [4.78, 5) is 0. The van der Waals surface area contributed by atoms with Crippen molar-refractivity contribution in [3.8, 4) is 0 Å². The van der Waals surface area contributed by atoms with Crippen molar-refractivity contribution in [1.82, 2.24) is 5.32 Å². The van der Waals surface area contributed by atoms with Gasteiger partial charge in [-0.1, -0.05) is 12.2 Å². The zero-order valence-electron chi connectivity index (χ0n) is 7.93. The van der Waals surface area contributed by atoms with Crippen LogP contribution in [0.4, 0.5) is 0 Å². The molecule has 4 heteroatoms. The standard InChI is InChI=1S/C9H16N2S2/c1-13-9(12)7-3-2-4-8(7)11-6-5-10/h11H,2-6,10H2,1H3. The third kappa shape index (κ3) is 2.97. The van der Waals surface area contributed by atoms with E-state index in [0.29, 0.717) is 6.54 Å². The number of rotatable bonds is 4. The molecule has 0 aliphatic heterocycles. The normalized spacial score (nSPS) is 16.5. The van der Waals surface area contributed by atoms with Gasteiger partial charge in [0.1, 0.15) is 0 Å². The van der Waals surface area contributed by atoms with Gasteiger partial charge in [-0.25, -0.2) is 0 Å². The molecule has 0 bridgehead atoms. The maximum absolute atomic E-state index is 5.44. The highest BCUT2D eigenvalue weighted by Gasteiger charge is 2.16. The summed E-state index contributed by atoms with van der Waals surface area (Å²) in [5.41, 5.74) is 8.10. The van der Waals surface area contributed by atoms with Crippen molar-refractivity contribution in [2.24, 2.45) is 5.73 Å². The Kier molecular flexibility index (Phi) is 4.77. The quantitative estimate of drug-likeness (QED) is 0.701. The van der Waals surface area contributed by atoms with Gasteiger partial charge in [-0.2, -0.15) is 0 Å². The Balaban J connectivity index is 2.60. The Morgan fingerprint density at radius 2 is 2.38 bits per heavy atom. The van der Waals surface area contributed by atoms with E-state index in [1.165, 1.54) is 17.7 Å². The third-order valence-electron chi connectivity index (χ3n) is 2.13. The van der Waals surface area contributed by atoms with Gasteiger partial charge in [-0.3, -0.25) is 0 Å². The number of hydrogen-bond donors (Lipinski definition) is 2. The van der Waals surface area contributed by atoms with Crippen LogP contribution < -0.4 is 11.1 Å². The van der Waals surface area contributed by atoms with E-state index in [-0.39, 0.29) is 0 Å². The summed E-state index contributed by atoms with van der Waals surface area (Å²) >= 11 is 6.94. The highest BCUT2D eigenvalue weighted by Crippen LogP contribution is 2.28. The van der Waals surface area contributed by atoms with Crippen molar-refractivity contribution in [3.63, 3.8) is 0 Å². The Hall–Kier alpha value is -0.0600. The second-order valence-corrected chi connectivity index (χ2v) is 4.50. The fourth-order valence-corrected chi connectivity index (χ4v) is 2.21. The molecule has 13 heavy (non-hydrogen) atoms. The highest BCUT2D eigenvalue weighted by molar-refractivity contribution is 8.23. The molecule has 0 aromatic carbocycles. The number of nitrogens with two attached hydrogens (primary N) is 1. The average molecular weight is 216 g/mol. The minimum absolute atomic E-state index is 0.683. The van der Waals surface area contributed by atoms with E-state index in [2.05, 4.69) is 5.32 Å². The fourth-order valence-electron chi connectivity index (χ4n) is 1.51. The lowest BCUT2D eigenvalue weighted by molar-refractivity contribution is 0.756. The summed E-state index contributed by atoms with van der Waals surface area (Å²) in [5, 5.41) is 3.35. The number of allylic oxidation sites excluding steroid dienone is 1. The molecule has 0 atom stereocenters. The van der Waals surface area contributed by atoms with E-state index in [4.69, 9.17) is 18.0 Å². The lowest BCUT2D eigenvalue weighted by Gasteiger charge is -2.09. The molecule has 1 aliphatic carbocycles. The first-order valence-electron chi connectivity index (χ1n) is 4.54. The Bertz CT molecular complexity index is 224. The summed E-state index contributed by atoms with van der Waals surface area (Å²) in [7, 11) is 0. The van der Waals surface area contributed by atoms with Crippen LogP contribution in [0.5, 0.6) is 0 Å². The van der Waals surface area contributed by atoms with Crippen molar-refractivity contribution in [2.75, 3.05) is 19.3 Å². The topological polar surface area (TPSA) is 38.0 Å². The van der Waals surface area contributed by atoms with Crippen LogP contribution in [0.15, 0.2) is 11.3 Å². The molecule has 0 unspecified atom stereocenters. The maximum Gasteiger partial charge on any atom is 0.0752 e. The maximum atomic E-state index is 5.44. The summed E-state index contributed by atoms with van der Waals surface area (Å²) in [6, 6.07) is 0. The van der Waals surface area contributed by atoms with Crippen LogP contribution in [0, 0.1) is 0 Å². The van der Waals surface area contributed by atoms with Crippen molar-refractivity contribution < 1.29 is 0 Å². The van der Waals surface area contributed by atoms with Crippen LogP contribution in [-0.2, 0) is 0 Å². The SMILES string of the molecule is CSC(=S)C1=C(NCCN)CCC1. The van der Waals surface area contributed by atoms with E-state index in [0.717, 1.165) is 23.6 Å². The van der Waals surface area contributed by atoms with Crippen molar-refractivity contribution >= 4 is 28.2 Å². The first-order valence-corrected chi connectivity index (χ1v) is 6.17. The van der Waals surface area contributed by atoms with Crippen LogP contribution in [0.1, 0.15) is 19.3 Å². The van der Waals surface area contributed by atoms with Gasteiger partial charge in [0.25, 0.3) is 0 Å². The minimum Gasteiger partial charge on any atom is -0.387 e. The molecule has 2 nitrogen and oxygen atoms in total. The van der Waals surface area contributed by atoms with Crippen molar-refractivity contribution in [1.29, 1.82) is 0 Å². The molecule has 1 rings (SSSR count). The zero-order valence-corrected chi connectivity index (χ0v) is 9.56. The number of hydrogen-bond acceptors (Lipinski definition) is 4. The van der Waals surface area contributed by atoms with E-state index >= 15 is 0 Å². The molecule has 0 aromatic rings. The highest BCUT2D eigenvalue weighted by atomic mass is 32.2. The molecular formula is C9H16N2S2. The zero-order chi connectivity index (χ0) is 9.68. The van der Waals surface area contributed by atoms with E-state index in [9.17, 15) is 0 Å². The van der Waals surface area contributed by atoms with Gasteiger partial charge in [-0.15, -0.1) is 11.8 Å². The van der Waals surface area contributed by atoms with Crippen LogP contribution >= 0.6 is 24.0 Å². The summed E-state index contributed by atoms with van der Waals surface area (Å²) in [6.45, 7) is 1.54. The van der Waals surface area contributed by atoms with Gasteiger partial charge in [0.2, 0.25) is 0 Å². The molecule has 1 aliphatic rings. The molecule has 0 radical (unpaired) electrons. The molecule has 0 spiro atoms. The molecule has 0 aromatic heterocycles. The minimum atomic E-state index is 0.683. The lowest BCUT2D eigenvalue weighted by Crippen LogP contribution is -2.22. The fraction of sp³-hybridized carbons (Fsp3) is 0.667. The monoisotopic (exact) mass is 216 g/mol. The van der Waals surface area contributed by atoms with Gasteiger partial charge in [-0.05, 0) is 31.1 Å². The number of thiocarbonyl (C=S) groups is 1. The van der Waals surface area contributed by atoms with Crippen LogP contribution in [0.25, 0.3) is 0 Å². The predicted molar refractivity (Wildman–Crippen MR) is 64.0 cm³/mol. The summed E-state index contributed by atoms with van der Waals surface area (Å²) in [6.07, 6.45) is 5.53. The van der Waals surface area contributed by atoms with Crippen LogP contribution in [0.2, 0.25) is 0 Å². The van der Waals surface area contributed by atoms with Crippen LogP contribution in [-0.4, -0.2) is 23.5 Å². The summed E-state index contributed by atoms with van der Waals surface area (Å²) < 4.78 is 1.04. The Labute approximate surface area is 89.3 Å². The number of thioether (sulfide) groups is 1. The van der Waals surface area contributed by atoms with E-state index in [1.807, 2.05) is 6.26 Å². The molecule has 0 amide bonds. The Morgan fingerprint density at radius 1 is 1.62 bits per heavy atom. The third-order valence-corrected chi connectivity index (χ3v) is 3.50. The van der Waals surface area contributed by atoms with E-state index < -0.39 is 0 Å². The number of nitrogens with one attached hydrogen (secondary N) is 1. The molecule has 0 saturated carbocycles.